The Hall–Kier alpha value is -4.05. The molecular formula is C26H16N2O2. The number of hydrogen-bond acceptors (Lipinski definition) is 2. The zero-order valence-electron chi connectivity index (χ0n) is 16.2. The fraction of sp³-hybridized carbons (Fsp3) is 0.0385. The van der Waals surface area contributed by atoms with Crippen LogP contribution in [0.5, 0.6) is 0 Å². The van der Waals surface area contributed by atoms with Gasteiger partial charge in [-0.3, -0.25) is 0 Å². The molecule has 0 spiro atoms. The number of furan rings is 2. The number of rotatable bonds is 1. The highest BCUT2D eigenvalue weighted by molar-refractivity contribution is 6.10. The van der Waals surface area contributed by atoms with Gasteiger partial charge < -0.3 is 18.0 Å². The summed E-state index contributed by atoms with van der Waals surface area (Å²) in [5.41, 5.74) is 6.62. The summed E-state index contributed by atoms with van der Waals surface area (Å²) in [5.74, 6) is 0. The largest absolute Gasteiger partial charge is 0.462 e. The van der Waals surface area contributed by atoms with Crippen LogP contribution in [-0.4, -0.2) is 4.57 Å². The maximum Gasteiger partial charge on any atom is 0.244 e. The number of hydrogen-bond donors (Lipinski definition) is 0. The molecule has 3 heterocycles. The fourth-order valence-electron chi connectivity index (χ4n) is 4.55. The van der Waals surface area contributed by atoms with Gasteiger partial charge in [-0.15, -0.1) is 0 Å². The first kappa shape index (κ1) is 15.8. The van der Waals surface area contributed by atoms with E-state index in [9.17, 15) is 0 Å². The highest BCUT2D eigenvalue weighted by Crippen LogP contribution is 2.35. The number of fused-ring (bicyclic) bond motifs is 7. The highest BCUT2D eigenvalue weighted by Gasteiger charge is 2.16. The molecule has 3 aromatic heterocycles. The third kappa shape index (κ3) is 1.97. The molecule has 4 nitrogen and oxygen atoms in total. The molecule has 4 aromatic carbocycles. The van der Waals surface area contributed by atoms with Crippen LogP contribution in [0.25, 0.3) is 60.6 Å². The molecule has 4 heteroatoms. The van der Waals surface area contributed by atoms with E-state index in [4.69, 9.17) is 8.83 Å². The topological polar surface area (TPSA) is 35.1 Å². The van der Waals surface area contributed by atoms with Crippen molar-refractivity contribution in [1.29, 1.82) is 0 Å². The lowest BCUT2D eigenvalue weighted by Gasteiger charge is -2.06. The molecule has 0 radical (unpaired) electrons. The van der Waals surface area contributed by atoms with Crippen molar-refractivity contribution in [3.05, 3.63) is 85.2 Å². The van der Waals surface area contributed by atoms with Crippen LogP contribution >= 0.6 is 0 Å². The third-order valence-electron chi connectivity index (χ3n) is 5.95. The van der Waals surface area contributed by atoms with Crippen LogP contribution in [0, 0.1) is 6.33 Å². The summed E-state index contributed by atoms with van der Waals surface area (Å²) >= 11 is 0. The minimum atomic E-state index is 0.865. The molecule has 0 saturated heterocycles. The minimum absolute atomic E-state index is 0.865. The summed E-state index contributed by atoms with van der Waals surface area (Å²) in [4.78, 5) is 0. The molecule has 0 atom stereocenters. The highest BCUT2D eigenvalue weighted by atomic mass is 16.3. The van der Waals surface area contributed by atoms with E-state index >= 15 is 0 Å². The van der Waals surface area contributed by atoms with Crippen LogP contribution in [0.1, 0.15) is 0 Å². The number of aryl methyl sites for hydroxylation is 1. The molecule has 0 amide bonds. The Labute approximate surface area is 171 Å². The number of para-hydroxylation sites is 3. The van der Waals surface area contributed by atoms with E-state index in [0.717, 1.165) is 60.6 Å². The molecule has 142 valence electrons. The smallest absolute Gasteiger partial charge is 0.244 e. The second-order valence-corrected chi connectivity index (χ2v) is 7.68. The van der Waals surface area contributed by atoms with Gasteiger partial charge in [-0.05, 0) is 18.2 Å². The minimum Gasteiger partial charge on any atom is -0.462 e. The van der Waals surface area contributed by atoms with E-state index in [-0.39, 0.29) is 0 Å². The third-order valence-corrected chi connectivity index (χ3v) is 5.95. The van der Waals surface area contributed by atoms with Crippen molar-refractivity contribution in [2.24, 2.45) is 7.05 Å². The fourth-order valence-corrected chi connectivity index (χ4v) is 4.55. The Morgan fingerprint density at radius 3 is 2.23 bits per heavy atom. The predicted octanol–water partition coefficient (Wildman–Crippen LogP) is 6.05. The molecule has 0 fully saturated rings. The van der Waals surface area contributed by atoms with Crippen LogP contribution in [0.3, 0.4) is 0 Å². The van der Waals surface area contributed by atoms with Gasteiger partial charge in [0.1, 0.15) is 22.3 Å². The molecule has 0 aliphatic carbocycles. The van der Waals surface area contributed by atoms with Gasteiger partial charge in [0.25, 0.3) is 0 Å². The van der Waals surface area contributed by atoms with Crippen molar-refractivity contribution in [3.8, 4) is 5.69 Å². The second kappa shape index (κ2) is 5.51. The molecule has 7 rings (SSSR count). The van der Waals surface area contributed by atoms with Crippen LogP contribution < -0.4 is 4.57 Å². The van der Waals surface area contributed by atoms with E-state index in [1.807, 2.05) is 48.0 Å². The number of benzene rings is 4. The quantitative estimate of drug-likeness (QED) is 0.253. The van der Waals surface area contributed by atoms with Gasteiger partial charge in [0.05, 0.1) is 23.8 Å². The van der Waals surface area contributed by atoms with Crippen molar-refractivity contribution in [2.75, 3.05) is 0 Å². The first-order valence-electron chi connectivity index (χ1n) is 9.94. The van der Waals surface area contributed by atoms with Gasteiger partial charge >= 0.3 is 0 Å². The number of nitrogens with zero attached hydrogens (tertiary/aromatic N) is 2. The number of imidazole rings is 1. The van der Waals surface area contributed by atoms with Gasteiger partial charge in [0.2, 0.25) is 6.33 Å². The molecule has 0 bridgehead atoms. The molecule has 0 N–H and O–H groups in total. The van der Waals surface area contributed by atoms with Crippen LogP contribution in [0.4, 0.5) is 0 Å². The molecule has 0 aliphatic heterocycles. The standard InChI is InChI=1S/C26H16N2O2/c1-27-15-28(20-10-6-9-18-16-7-2-5-12-24(16)30-26(18)20)22-13-19-17-8-3-4-11-23(17)29-25(19)14-21(22)27/h2-14H,1H3. The molecular weight excluding hydrogens is 372 g/mol. The van der Waals surface area contributed by atoms with Gasteiger partial charge in [-0.2, -0.15) is 0 Å². The Bertz CT molecular complexity index is 1760. The summed E-state index contributed by atoms with van der Waals surface area (Å²) in [6.07, 6.45) is 3.45. The zero-order valence-corrected chi connectivity index (χ0v) is 16.2. The summed E-state index contributed by atoms with van der Waals surface area (Å²) in [5, 5.41) is 4.45. The van der Waals surface area contributed by atoms with E-state index in [1.54, 1.807) is 0 Å². The van der Waals surface area contributed by atoms with Crippen LogP contribution in [-0.2, 0) is 7.05 Å². The average Bonchev–Trinajstić information content (AvgIpc) is 3.43. The van der Waals surface area contributed by atoms with Crippen LogP contribution in [0.15, 0.2) is 87.7 Å². The second-order valence-electron chi connectivity index (χ2n) is 7.68. The van der Waals surface area contributed by atoms with Crippen molar-refractivity contribution in [2.45, 2.75) is 0 Å². The molecule has 7 aromatic rings. The summed E-state index contributed by atoms with van der Waals surface area (Å²) in [7, 11) is 2.01. The monoisotopic (exact) mass is 388 g/mol. The van der Waals surface area contributed by atoms with Gasteiger partial charge in [-0.25, -0.2) is 0 Å². The number of aromatic nitrogens is 2. The SMILES string of the molecule is C[n+]1[c-]n(-c2cccc3c2oc2ccccc23)c2cc3c(cc21)oc1ccccc13. The van der Waals surface area contributed by atoms with Gasteiger partial charge in [0, 0.05) is 21.5 Å². The summed E-state index contributed by atoms with van der Waals surface area (Å²) < 4.78 is 16.4. The van der Waals surface area contributed by atoms with Crippen LogP contribution in [0.2, 0.25) is 0 Å². The van der Waals surface area contributed by atoms with Crippen molar-refractivity contribution in [3.63, 3.8) is 0 Å². The average molecular weight is 388 g/mol. The van der Waals surface area contributed by atoms with E-state index in [1.165, 1.54) is 0 Å². The van der Waals surface area contributed by atoms with Gasteiger partial charge in [0.15, 0.2) is 0 Å². The normalized spacial score (nSPS) is 12.2. The summed E-state index contributed by atoms with van der Waals surface area (Å²) in [6, 6.07) is 26.9. The van der Waals surface area contributed by atoms with E-state index in [2.05, 4.69) is 53.4 Å². The zero-order chi connectivity index (χ0) is 19.8. The summed E-state index contributed by atoms with van der Waals surface area (Å²) in [6.45, 7) is 0. The van der Waals surface area contributed by atoms with E-state index in [0.29, 0.717) is 0 Å². The maximum absolute atomic E-state index is 6.27. The first-order chi connectivity index (χ1) is 14.8. The Balaban J connectivity index is 1.61. The van der Waals surface area contributed by atoms with Gasteiger partial charge in [-0.1, -0.05) is 60.7 Å². The van der Waals surface area contributed by atoms with E-state index < -0.39 is 0 Å². The molecule has 0 aliphatic rings. The molecule has 0 unspecified atom stereocenters. The maximum atomic E-state index is 6.27. The lowest BCUT2D eigenvalue weighted by molar-refractivity contribution is -0.649. The Morgan fingerprint density at radius 1 is 0.700 bits per heavy atom. The Kier molecular flexibility index (Phi) is 2.91. The lowest BCUT2D eigenvalue weighted by Crippen LogP contribution is -2.26. The van der Waals surface area contributed by atoms with Crippen molar-refractivity contribution >= 4 is 54.9 Å². The molecule has 0 saturated carbocycles. The first-order valence-corrected chi connectivity index (χ1v) is 9.94. The molecule has 30 heavy (non-hydrogen) atoms. The van der Waals surface area contributed by atoms with Crippen molar-refractivity contribution in [1.82, 2.24) is 4.57 Å². The van der Waals surface area contributed by atoms with Crippen molar-refractivity contribution < 1.29 is 13.4 Å². The Morgan fingerprint density at radius 2 is 1.40 bits per heavy atom. The predicted molar refractivity (Wildman–Crippen MR) is 118 cm³/mol. The lowest BCUT2D eigenvalue weighted by atomic mass is 10.1.